The van der Waals surface area contributed by atoms with Crippen molar-refractivity contribution >= 4 is 18.1 Å². The van der Waals surface area contributed by atoms with E-state index in [1.54, 1.807) is 24.3 Å². The minimum Gasteiger partial charge on any atom is -0.493 e. The molecule has 7 nitrogen and oxygen atoms in total. The average Bonchev–Trinajstić information content (AvgIpc) is 2.58. The molecule has 0 unspecified atom stereocenters. The van der Waals surface area contributed by atoms with Gasteiger partial charge in [0.2, 0.25) is 5.75 Å². The molecule has 24 heavy (non-hydrogen) atoms. The van der Waals surface area contributed by atoms with Gasteiger partial charge in [0.25, 0.3) is 0 Å². The first-order chi connectivity index (χ1) is 11.5. The summed E-state index contributed by atoms with van der Waals surface area (Å²) in [7, 11) is 4.56. The maximum absolute atomic E-state index is 11.7. The van der Waals surface area contributed by atoms with Crippen LogP contribution in [-0.2, 0) is 0 Å². The van der Waals surface area contributed by atoms with Crippen LogP contribution in [0.2, 0.25) is 0 Å². The first kappa shape index (κ1) is 17.1. The van der Waals surface area contributed by atoms with Crippen molar-refractivity contribution in [1.82, 2.24) is 4.98 Å². The number of carbonyl (C=O) groups is 1. The lowest BCUT2D eigenvalue weighted by Crippen LogP contribution is -2.14. The highest BCUT2D eigenvalue weighted by Crippen LogP contribution is 2.38. The first-order valence-electron chi connectivity index (χ1n) is 6.94. The Hall–Kier alpha value is -3.22. The third-order valence-electron chi connectivity index (χ3n) is 3.31. The average molecular weight is 331 g/mol. The number of nitrogens with one attached hydrogen (secondary N) is 1. The Morgan fingerprint density at radius 2 is 1.67 bits per heavy atom. The Kier molecular flexibility index (Phi) is 5.26. The molecule has 2 rings (SSSR count). The molecular weight excluding hydrogens is 314 g/mol. The molecule has 1 heterocycles. The summed E-state index contributed by atoms with van der Waals surface area (Å²) >= 11 is 0. The van der Waals surface area contributed by atoms with Gasteiger partial charge in [0.15, 0.2) is 16.9 Å². The monoisotopic (exact) mass is 331 g/mol. The molecule has 1 aromatic carbocycles. The van der Waals surface area contributed by atoms with Crippen LogP contribution in [0.4, 0.5) is 0 Å². The Labute approximate surface area is 138 Å². The summed E-state index contributed by atoms with van der Waals surface area (Å²) in [4.78, 5) is 25.3. The lowest BCUT2D eigenvalue weighted by atomic mass is 10.1. The summed E-state index contributed by atoms with van der Waals surface area (Å²) in [6.07, 6.45) is 4.55. The first-order valence-corrected chi connectivity index (χ1v) is 6.94. The summed E-state index contributed by atoms with van der Waals surface area (Å²) in [6, 6.07) is 4.72. The number of aromatic amines is 1. The second-order valence-corrected chi connectivity index (χ2v) is 4.76. The number of carboxylic acid groups (broad SMARTS) is 1. The van der Waals surface area contributed by atoms with E-state index in [4.69, 9.17) is 19.3 Å². The Balaban J connectivity index is 2.37. The van der Waals surface area contributed by atoms with Crippen LogP contribution in [0.15, 0.2) is 29.2 Å². The molecule has 0 fully saturated rings. The number of aromatic carboxylic acids is 1. The predicted octanol–water partition coefficient (Wildman–Crippen LogP) is 2.27. The fraction of sp³-hybridized carbons (Fsp3) is 0.176. The van der Waals surface area contributed by atoms with E-state index in [1.807, 2.05) is 0 Å². The number of aromatic nitrogens is 1. The number of methoxy groups -OCH3 is 3. The van der Waals surface area contributed by atoms with Gasteiger partial charge in [-0.1, -0.05) is 6.08 Å². The highest BCUT2D eigenvalue weighted by Gasteiger charge is 2.12. The molecule has 2 aromatic rings. The Morgan fingerprint density at radius 1 is 1.04 bits per heavy atom. The number of ether oxygens (including phenoxy) is 3. The zero-order chi connectivity index (χ0) is 17.7. The SMILES string of the molecule is COc1cc(/C=C/c2cc(=O)c(C(=O)O)c[nH]2)cc(OC)c1OC. The van der Waals surface area contributed by atoms with E-state index in [1.165, 1.54) is 33.6 Å². The smallest absolute Gasteiger partial charge is 0.341 e. The number of hydrogen-bond acceptors (Lipinski definition) is 5. The van der Waals surface area contributed by atoms with Crippen molar-refractivity contribution in [3.63, 3.8) is 0 Å². The Bertz CT molecular complexity index is 812. The van der Waals surface area contributed by atoms with E-state index in [0.717, 1.165) is 5.56 Å². The zero-order valence-electron chi connectivity index (χ0n) is 13.5. The molecule has 2 N–H and O–H groups in total. The zero-order valence-corrected chi connectivity index (χ0v) is 13.5. The lowest BCUT2D eigenvalue weighted by molar-refractivity contribution is 0.0695. The van der Waals surface area contributed by atoms with E-state index in [2.05, 4.69) is 4.98 Å². The second kappa shape index (κ2) is 7.36. The van der Waals surface area contributed by atoms with E-state index in [-0.39, 0.29) is 5.56 Å². The lowest BCUT2D eigenvalue weighted by Gasteiger charge is -2.12. The van der Waals surface area contributed by atoms with Crippen molar-refractivity contribution < 1.29 is 24.1 Å². The molecule has 0 amide bonds. The summed E-state index contributed by atoms with van der Waals surface area (Å²) in [6.45, 7) is 0. The maximum Gasteiger partial charge on any atom is 0.341 e. The van der Waals surface area contributed by atoms with Crippen LogP contribution in [0, 0.1) is 0 Å². The van der Waals surface area contributed by atoms with Crippen LogP contribution >= 0.6 is 0 Å². The molecular formula is C17H17NO6. The minimum absolute atomic E-state index is 0.306. The molecule has 0 aliphatic carbocycles. The Morgan fingerprint density at radius 3 is 2.12 bits per heavy atom. The highest BCUT2D eigenvalue weighted by molar-refractivity contribution is 5.87. The standard InChI is InChI=1S/C17H17NO6/c1-22-14-6-10(7-15(23-2)16(14)24-3)4-5-11-8-13(19)12(9-18-11)17(20)21/h4-9H,1-3H3,(H,18,19)(H,20,21)/b5-4+. The van der Waals surface area contributed by atoms with Gasteiger partial charge in [0.05, 0.1) is 21.3 Å². The van der Waals surface area contributed by atoms with Gasteiger partial charge in [0.1, 0.15) is 5.56 Å². The van der Waals surface area contributed by atoms with Crippen molar-refractivity contribution in [1.29, 1.82) is 0 Å². The molecule has 0 saturated carbocycles. The second-order valence-electron chi connectivity index (χ2n) is 4.76. The van der Waals surface area contributed by atoms with Gasteiger partial charge < -0.3 is 24.3 Å². The molecule has 0 radical (unpaired) electrons. The van der Waals surface area contributed by atoms with Gasteiger partial charge in [-0.2, -0.15) is 0 Å². The maximum atomic E-state index is 11.7. The highest BCUT2D eigenvalue weighted by atomic mass is 16.5. The van der Waals surface area contributed by atoms with E-state index < -0.39 is 11.4 Å². The van der Waals surface area contributed by atoms with Crippen LogP contribution in [0.5, 0.6) is 17.2 Å². The minimum atomic E-state index is -1.27. The van der Waals surface area contributed by atoms with Crippen LogP contribution in [-0.4, -0.2) is 37.4 Å². The van der Waals surface area contributed by atoms with Crippen molar-refractivity contribution in [3.8, 4) is 17.2 Å². The topological polar surface area (TPSA) is 97.9 Å². The van der Waals surface area contributed by atoms with Crippen LogP contribution in [0.3, 0.4) is 0 Å². The normalized spacial score (nSPS) is 10.6. The number of rotatable bonds is 6. The van der Waals surface area contributed by atoms with Gasteiger partial charge in [-0.25, -0.2) is 4.79 Å². The summed E-state index contributed by atoms with van der Waals surface area (Å²) in [5.41, 5.74) is 0.358. The molecule has 1 aromatic heterocycles. The third-order valence-corrected chi connectivity index (χ3v) is 3.31. The summed E-state index contributed by atoms with van der Waals surface area (Å²) in [5, 5.41) is 8.85. The third kappa shape index (κ3) is 3.57. The molecule has 7 heteroatoms. The number of benzene rings is 1. The largest absolute Gasteiger partial charge is 0.493 e. The summed E-state index contributed by atoms with van der Waals surface area (Å²) < 4.78 is 15.8. The van der Waals surface area contributed by atoms with Crippen molar-refractivity contribution in [2.45, 2.75) is 0 Å². The quantitative estimate of drug-likeness (QED) is 0.842. The number of pyridine rings is 1. The van der Waals surface area contributed by atoms with Gasteiger partial charge >= 0.3 is 5.97 Å². The van der Waals surface area contributed by atoms with Gasteiger partial charge in [0, 0.05) is 18.0 Å². The van der Waals surface area contributed by atoms with Crippen molar-refractivity contribution in [3.05, 3.63) is 51.4 Å². The summed E-state index contributed by atoms with van der Waals surface area (Å²) in [5.74, 6) is 0.227. The fourth-order valence-corrected chi connectivity index (χ4v) is 2.13. The van der Waals surface area contributed by atoms with E-state index in [0.29, 0.717) is 22.9 Å². The molecule has 0 saturated heterocycles. The molecule has 0 spiro atoms. The van der Waals surface area contributed by atoms with Crippen LogP contribution in [0.25, 0.3) is 12.2 Å². The van der Waals surface area contributed by atoms with Gasteiger partial charge in [-0.3, -0.25) is 4.79 Å². The van der Waals surface area contributed by atoms with Crippen LogP contribution in [0.1, 0.15) is 21.6 Å². The van der Waals surface area contributed by atoms with Gasteiger partial charge in [-0.15, -0.1) is 0 Å². The predicted molar refractivity (Wildman–Crippen MR) is 89.0 cm³/mol. The molecule has 0 aliphatic rings. The molecule has 0 aliphatic heterocycles. The van der Waals surface area contributed by atoms with Crippen molar-refractivity contribution in [2.75, 3.05) is 21.3 Å². The fourth-order valence-electron chi connectivity index (χ4n) is 2.13. The van der Waals surface area contributed by atoms with Crippen molar-refractivity contribution in [2.24, 2.45) is 0 Å². The van der Waals surface area contributed by atoms with Crippen LogP contribution < -0.4 is 19.6 Å². The van der Waals surface area contributed by atoms with E-state index in [9.17, 15) is 9.59 Å². The van der Waals surface area contributed by atoms with Gasteiger partial charge in [-0.05, 0) is 23.8 Å². The molecule has 0 bridgehead atoms. The van der Waals surface area contributed by atoms with E-state index >= 15 is 0 Å². The number of H-pyrrole nitrogens is 1. The number of carboxylic acids is 1. The number of hydrogen-bond donors (Lipinski definition) is 2. The molecule has 0 atom stereocenters. The molecule has 126 valence electrons.